The molecule has 1 aromatic carbocycles. The van der Waals surface area contributed by atoms with Gasteiger partial charge in [-0.05, 0) is 73.2 Å². The van der Waals surface area contributed by atoms with Gasteiger partial charge in [0.2, 0.25) is 11.8 Å². The smallest absolute Gasteiger partial charge is 0.224 e. The molecule has 6 heteroatoms. The number of hydrogen-bond donors (Lipinski definition) is 2. The van der Waals surface area contributed by atoms with Gasteiger partial charge in [0.1, 0.15) is 23.0 Å². The molecular weight excluding hydrogens is 428 g/mol. The summed E-state index contributed by atoms with van der Waals surface area (Å²) in [6.07, 6.45) is 4.26. The van der Waals surface area contributed by atoms with Crippen LogP contribution in [0.1, 0.15) is 74.4 Å². The third-order valence-corrected chi connectivity index (χ3v) is 6.96. The molecule has 4 unspecified atom stereocenters. The van der Waals surface area contributed by atoms with Gasteiger partial charge < -0.3 is 19.5 Å². The number of amides is 2. The molecule has 5 rings (SSSR count). The molecule has 2 aliphatic carbocycles. The van der Waals surface area contributed by atoms with Gasteiger partial charge in [-0.3, -0.25) is 9.59 Å². The number of furan rings is 2. The minimum atomic E-state index is -0.0621. The van der Waals surface area contributed by atoms with E-state index < -0.39 is 0 Å². The molecule has 178 valence electrons. The predicted molar refractivity (Wildman–Crippen MR) is 131 cm³/mol. The summed E-state index contributed by atoms with van der Waals surface area (Å²) in [4.78, 5) is 24.6. The van der Waals surface area contributed by atoms with Gasteiger partial charge in [-0.1, -0.05) is 13.8 Å². The Morgan fingerprint density at radius 2 is 1.09 bits per heavy atom. The topological polar surface area (TPSA) is 84.5 Å². The van der Waals surface area contributed by atoms with Gasteiger partial charge in [-0.25, -0.2) is 0 Å². The Bertz CT molecular complexity index is 1070. The maximum Gasteiger partial charge on any atom is 0.224 e. The first kappa shape index (κ1) is 22.5. The Morgan fingerprint density at radius 1 is 0.706 bits per heavy atom. The molecule has 3 aromatic rings. The number of carbonyl (C=O) groups excluding carboxylic acids is 2. The Labute approximate surface area is 200 Å². The van der Waals surface area contributed by atoms with Gasteiger partial charge in [0.15, 0.2) is 0 Å². The summed E-state index contributed by atoms with van der Waals surface area (Å²) < 4.78 is 11.7. The van der Waals surface area contributed by atoms with Crippen LogP contribution in [0.15, 0.2) is 57.4 Å². The molecule has 0 saturated heterocycles. The molecule has 0 radical (unpaired) electrons. The molecule has 2 saturated carbocycles. The van der Waals surface area contributed by atoms with Crippen molar-refractivity contribution < 1.29 is 18.4 Å². The number of rotatable bonds is 10. The van der Waals surface area contributed by atoms with Crippen LogP contribution in [0.2, 0.25) is 0 Å². The highest BCUT2D eigenvalue weighted by atomic mass is 16.3. The first-order valence-corrected chi connectivity index (χ1v) is 12.3. The lowest BCUT2D eigenvalue weighted by Crippen LogP contribution is -2.13. The molecule has 2 heterocycles. The molecule has 2 aromatic heterocycles. The molecule has 0 spiro atoms. The van der Waals surface area contributed by atoms with Crippen molar-refractivity contribution in [2.75, 3.05) is 10.6 Å². The number of benzene rings is 1. The standard InChI is InChI=1S/C28H32N2O4/c1-17-15-23(17)25-11-7-21(33-25)9-13-27(31)29-19-3-5-20(6-4-19)30-28(32)14-10-22-8-12-26(34-22)24-16-18(24)2/h3-8,11-12,17-18,23-24H,9-10,13-16H2,1-2H3,(H,29,31)(H,30,32). The minimum Gasteiger partial charge on any atom is -0.466 e. The van der Waals surface area contributed by atoms with Crippen LogP contribution in [-0.2, 0) is 22.4 Å². The van der Waals surface area contributed by atoms with Crippen molar-refractivity contribution in [1.82, 2.24) is 0 Å². The summed E-state index contributed by atoms with van der Waals surface area (Å²) in [5.74, 6) is 6.19. The summed E-state index contributed by atoms with van der Waals surface area (Å²) in [5.41, 5.74) is 1.40. The second kappa shape index (κ2) is 9.53. The van der Waals surface area contributed by atoms with Crippen LogP contribution in [0.5, 0.6) is 0 Å². The summed E-state index contributed by atoms with van der Waals surface area (Å²) in [6, 6.07) is 15.2. The third-order valence-electron chi connectivity index (χ3n) is 6.96. The van der Waals surface area contributed by atoms with Crippen LogP contribution in [0.25, 0.3) is 0 Å². The van der Waals surface area contributed by atoms with Gasteiger partial charge in [0.05, 0.1) is 0 Å². The quantitative estimate of drug-likeness (QED) is 0.374. The van der Waals surface area contributed by atoms with Crippen molar-refractivity contribution >= 4 is 23.2 Å². The fraction of sp³-hybridized carbons (Fsp3) is 0.429. The first-order valence-electron chi connectivity index (χ1n) is 12.3. The lowest BCUT2D eigenvalue weighted by molar-refractivity contribution is -0.117. The van der Waals surface area contributed by atoms with Gasteiger partial charge in [-0.15, -0.1) is 0 Å². The molecule has 2 amide bonds. The van der Waals surface area contributed by atoms with Crippen LogP contribution in [0.4, 0.5) is 11.4 Å². The van der Waals surface area contributed by atoms with E-state index in [2.05, 4.69) is 24.5 Å². The van der Waals surface area contributed by atoms with E-state index in [9.17, 15) is 9.59 Å². The molecule has 4 atom stereocenters. The molecule has 0 bridgehead atoms. The zero-order valence-corrected chi connectivity index (χ0v) is 19.8. The summed E-state index contributed by atoms with van der Waals surface area (Å²) in [5, 5.41) is 5.80. The normalized spacial score (nSPS) is 22.9. The van der Waals surface area contributed by atoms with E-state index in [-0.39, 0.29) is 11.8 Å². The second-order valence-electron chi connectivity index (χ2n) is 9.92. The van der Waals surface area contributed by atoms with E-state index in [0.29, 0.717) is 60.7 Å². The molecule has 2 N–H and O–H groups in total. The summed E-state index contributed by atoms with van der Waals surface area (Å²) >= 11 is 0. The van der Waals surface area contributed by atoms with E-state index in [1.165, 1.54) is 12.8 Å². The van der Waals surface area contributed by atoms with E-state index in [4.69, 9.17) is 8.83 Å². The average Bonchev–Trinajstić information content (AvgIpc) is 3.58. The van der Waals surface area contributed by atoms with Crippen LogP contribution in [0.3, 0.4) is 0 Å². The number of nitrogens with one attached hydrogen (secondary N) is 2. The van der Waals surface area contributed by atoms with Crippen molar-refractivity contribution in [2.24, 2.45) is 11.8 Å². The highest BCUT2D eigenvalue weighted by Gasteiger charge is 2.37. The van der Waals surface area contributed by atoms with Crippen molar-refractivity contribution in [1.29, 1.82) is 0 Å². The van der Waals surface area contributed by atoms with Gasteiger partial charge >= 0.3 is 0 Å². The highest BCUT2D eigenvalue weighted by molar-refractivity contribution is 5.93. The zero-order valence-electron chi connectivity index (χ0n) is 19.8. The zero-order chi connectivity index (χ0) is 23.7. The Kier molecular flexibility index (Phi) is 6.31. The largest absolute Gasteiger partial charge is 0.466 e. The number of hydrogen-bond acceptors (Lipinski definition) is 4. The van der Waals surface area contributed by atoms with Crippen LogP contribution in [-0.4, -0.2) is 11.8 Å². The summed E-state index contributed by atoms with van der Waals surface area (Å²) in [7, 11) is 0. The van der Waals surface area contributed by atoms with E-state index in [0.717, 1.165) is 23.0 Å². The molecule has 6 nitrogen and oxygen atoms in total. The molecule has 0 aliphatic heterocycles. The second-order valence-corrected chi connectivity index (χ2v) is 9.92. The number of aryl methyl sites for hydroxylation is 2. The third kappa shape index (κ3) is 5.61. The Balaban J connectivity index is 1.03. The fourth-order valence-electron chi connectivity index (χ4n) is 4.45. The Morgan fingerprint density at radius 3 is 1.44 bits per heavy atom. The van der Waals surface area contributed by atoms with E-state index in [1.807, 2.05) is 24.3 Å². The van der Waals surface area contributed by atoms with E-state index >= 15 is 0 Å². The van der Waals surface area contributed by atoms with E-state index in [1.54, 1.807) is 24.3 Å². The minimum absolute atomic E-state index is 0.0621. The molecule has 34 heavy (non-hydrogen) atoms. The molecular formula is C28H32N2O4. The number of carbonyl (C=O) groups is 2. The fourth-order valence-corrected chi connectivity index (χ4v) is 4.45. The maximum absolute atomic E-state index is 12.3. The lowest BCUT2D eigenvalue weighted by atomic mass is 10.2. The van der Waals surface area contributed by atoms with Gasteiger partial charge in [-0.2, -0.15) is 0 Å². The number of anilines is 2. The monoisotopic (exact) mass is 460 g/mol. The SMILES string of the molecule is CC1CC1c1ccc(CCC(=O)Nc2ccc(NC(=O)CCc3ccc(C4CC4C)o3)cc2)o1. The average molecular weight is 461 g/mol. The lowest BCUT2D eigenvalue weighted by Gasteiger charge is -2.08. The predicted octanol–water partition coefficient (Wildman–Crippen LogP) is 6.26. The van der Waals surface area contributed by atoms with Crippen molar-refractivity contribution in [3.05, 3.63) is 71.6 Å². The van der Waals surface area contributed by atoms with Crippen LogP contribution >= 0.6 is 0 Å². The van der Waals surface area contributed by atoms with Crippen LogP contribution < -0.4 is 10.6 Å². The van der Waals surface area contributed by atoms with Gasteiger partial charge in [0, 0.05) is 48.9 Å². The molecule has 2 aliphatic rings. The Hall–Kier alpha value is -3.28. The first-order chi connectivity index (χ1) is 16.4. The maximum atomic E-state index is 12.3. The highest BCUT2D eigenvalue weighted by Crippen LogP contribution is 2.48. The van der Waals surface area contributed by atoms with Crippen molar-refractivity contribution in [3.8, 4) is 0 Å². The van der Waals surface area contributed by atoms with Crippen molar-refractivity contribution in [2.45, 2.75) is 64.2 Å². The molecule has 2 fully saturated rings. The van der Waals surface area contributed by atoms with Crippen LogP contribution in [0, 0.1) is 11.8 Å². The summed E-state index contributed by atoms with van der Waals surface area (Å²) in [6.45, 7) is 4.45. The van der Waals surface area contributed by atoms with Gasteiger partial charge in [0.25, 0.3) is 0 Å². The van der Waals surface area contributed by atoms with Crippen molar-refractivity contribution in [3.63, 3.8) is 0 Å².